The molecule has 12 heteroatoms. The first-order valence-electron chi connectivity index (χ1n) is 10.8. The highest BCUT2D eigenvalue weighted by Crippen LogP contribution is 2.45. The summed E-state index contributed by atoms with van der Waals surface area (Å²) in [6.45, 7) is -1.31. The first kappa shape index (κ1) is 18.3. The molecule has 1 aliphatic rings. The van der Waals surface area contributed by atoms with Gasteiger partial charge in [0, 0.05) is 54.4 Å². The number of aromatic nitrogens is 3. The predicted molar refractivity (Wildman–Crippen MR) is 112 cm³/mol. The minimum atomic E-state index is -3.94. The van der Waals surface area contributed by atoms with E-state index in [4.69, 9.17) is 13.6 Å². The van der Waals surface area contributed by atoms with Crippen molar-refractivity contribution in [2.75, 3.05) is 18.2 Å². The minimum absolute atomic E-state index is 0.102. The molecule has 0 aromatic carbocycles. The van der Waals surface area contributed by atoms with E-state index in [0.717, 1.165) is 16.9 Å². The van der Waals surface area contributed by atoms with Gasteiger partial charge in [-0.05, 0) is 6.07 Å². The molecular weight excluding hydrogens is 446 g/mol. The van der Waals surface area contributed by atoms with Gasteiger partial charge in [-0.25, -0.2) is 27.2 Å². The quantitative estimate of drug-likeness (QED) is 0.625. The standard InChI is InChI=1S/C20H20F2N4O5S/c1-10(27)24-16-5-11-12(8-26(3)13(11)7-23-16)18-19-14(6-17(25-18)32(4,28)29)31-15(9-30-19)20(2,21)22/h5-8,15H,9H2,1-4H3,(H,23,24,27)/i3D3. The molecule has 1 unspecified atom stereocenters. The molecule has 0 saturated carbocycles. The molecule has 0 bridgehead atoms. The number of hydrogen-bond donors (Lipinski definition) is 1. The summed E-state index contributed by atoms with van der Waals surface area (Å²) in [5, 5.41) is 2.25. The van der Waals surface area contributed by atoms with Crippen LogP contribution in [0.15, 0.2) is 29.6 Å². The van der Waals surface area contributed by atoms with Crippen LogP contribution in [0.3, 0.4) is 0 Å². The van der Waals surface area contributed by atoms with E-state index in [9.17, 15) is 22.0 Å². The van der Waals surface area contributed by atoms with Gasteiger partial charge in [0.15, 0.2) is 32.5 Å². The van der Waals surface area contributed by atoms with Gasteiger partial charge in [-0.3, -0.25) is 4.79 Å². The summed E-state index contributed by atoms with van der Waals surface area (Å²) in [6.07, 6.45) is 1.63. The summed E-state index contributed by atoms with van der Waals surface area (Å²) in [6, 6.07) is 2.38. The lowest BCUT2D eigenvalue weighted by Gasteiger charge is -2.31. The number of anilines is 1. The maximum atomic E-state index is 13.9. The zero-order valence-electron chi connectivity index (χ0n) is 20.1. The second kappa shape index (κ2) is 7.40. The number of nitrogens with one attached hydrogen (secondary N) is 1. The van der Waals surface area contributed by atoms with Gasteiger partial charge in [0.25, 0.3) is 5.92 Å². The normalized spacial score (nSPS) is 18.0. The Kier molecular flexibility index (Phi) is 4.23. The molecule has 0 saturated heterocycles. The summed E-state index contributed by atoms with van der Waals surface area (Å²) in [4.78, 5) is 19.7. The lowest BCUT2D eigenvalue weighted by atomic mass is 10.1. The number of rotatable bonds is 4. The number of pyridine rings is 2. The summed E-state index contributed by atoms with van der Waals surface area (Å²) in [5.74, 6) is -4.01. The van der Waals surface area contributed by atoms with Crippen LogP contribution in [0.1, 0.15) is 18.0 Å². The fourth-order valence-electron chi connectivity index (χ4n) is 3.24. The van der Waals surface area contributed by atoms with Crippen LogP contribution >= 0.6 is 0 Å². The number of hydrogen-bond acceptors (Lipinski definition) is 7. The molecule has 9 nitrogen and oxygen atoms in total. The summed E-state index contributed by atoms with van der Waals surface area (Å²) in [7, 11) is -3.94. The van der Waals surface area contributed by atoms with Crippen molar-refractivity contribution in [3.8, 4) is 22.8 Å². The Bertz CT molecular complexity index is 1450. The number of carbonyl (C=O) groups excluding carboxylic acids is 1. The number of fused-ring (bicyclic) bond motifs is 2. The molecule has 0 fully saturated rings. The van der Waals surface area contributed by atoms with Crippen LogP contribution in [0.2, 0.25) is 0 Å². The third kappa shape index (κ3) is 3.97. The van der Waals surface area contributed by atoms with Crippen molar-refractivity contribution in [2.45, 2.75) is 30.9 Å². The smallest absolute Gasteiger partial charge is 0.284 e. The highest BCUT2D eigenvalue weighted by Gasteiger charge is 2.41. The van der Waals surface area contributed by atoms with Crippen LogP contribution in [0, 0.1) is 0 Å². The molecule has 0 aliphatic carbocycles. The Balaban J connectivity index is 2.03. The highest BCUT2D eigenvalue weighted by atomic mass is 32.2. The lowest BCUT2D eigenvalue weighted by Crippen LogP contribution is -2.42. The van der Waals surface area contributed by atoms with Gasteiger partial charge >= 0.3 is 0 Å². The van der Waals surface area contributed by atoms with Crippen LogP contribution in [-0.2, 0) is 21.6 Å². The van der Waals surface area contributed by atoms with Crippen LogP contribution in [0.5, 0.6) is 11.5 Å². The van der Waals surface area contributed by atoms with Gasteiger partial charge in [0.05, 0.1) is 11.7 Å². The third-order valence-electron chi connectivity index (χ3n) is 4.76. The van der Waals surface area contributed by atoms with E-state index >= 15 is 0 Å². The molecule has 1 N–H and O–H groups in total. The second-order valence-corrected chi connectivity index (χ2v) is 9.43. The zero-order valence-corrected chi connectivity index (χ0v) is 18.0. The van der Waals surface area contributed by atoms with E-state index in [1.165, 1.54) is 25.4 Å². The molecule has 0 radical (unpaired) electrons. The number of nitrogens with zero attached hydrogens (tertiary/aromatic N) is 3. The monoisotopic (exact) mass is 469 g/mol. The first-order chi connectivity index (χ1) is 16.1. The fraction of sp³-hybridized carbons (Fsp3) is 0.350. The Morgan fingerprint density at radius 1 is 1.41 bits per heavy atom. The maximum Gasteiger partial charge on any atom is 0.284 e. The third-order valence-corrected chi connectivity index (χ3v) is 5.73. The number of ether oxygens (including phenoxy) is 2. The Hall–Kier alpha value is -3.28. The number of sulfone groups is 1. The SMILES string of the molecule is [2H]C([2H])([2H])n1cc(-c2nc(S(C)(=O)=O)cc3c2OCC(C(C)(F)F)O3)c2cc(NC(C)=O)ncc21. The van der Waals surface area contributed by atoms with Gasteiger partial charge in [0.1, 0.15) is 18.1 Å². The van der Waals surface area contributed by atoms with Crippen molar-refractivity contribution in [3.63, 3.8) is 0 Å². The number of amides is 1. The highest BCUT2D eigenvalue weighted by molar-refractivity contribution is 7.90. The van der Waals surface area contributed by atoms with Crippen LogP contribution < -0.4 is 14.8 Å². The predicted octanol–water partition coefficient (Wildman–Crippen LogP) is 2.79. The van der Waals surface area contributed by atoms with Crippen molar-refractivity contribution in [2.24, 2.45) is 6.98 Å². The topological polar surface area (TPSA) is 112 Å². The number of alkyl halides is 2. The number of aryl methyl sites for hydroxylation is 1. The van der Waals surface area contributed by atoms with E-state index in [0.29, 0.717) is 6.92 Å². The molecule has 0 spiro atoms. The summed E-state index contributed by atoms with van der Waals surface area (Å²) >= 11 is 0. The number of halogens is 2. The van der Waals surface area contributed by atoms with Crippen molar-refractivity contribution < 1.29 is 35.6 Å². The molecule has 1 aliphatic heterocycles. The largest absolute Gasteiger partial charge is 0.483 e. The molecule has 4 rings (SSSR count). The van der Waals surface area contributed by atoms with Gasteiger partial charge in [-0.2, -0.15) is 0 Å². The average molecular weight is 469 g/mol. The van der Waals surface area contributed by atoms with Gasteiger partial charge in [-0.1, -0.05) is 0 Å². The Morgan fingerprint density at radius 3 is 2.78 bits per heavy atom. The molecule has 170 valence electrons. The Morgan fingerprint density at radius 2 is 2.16 bits per heavy atom. The van der Waals surface area contributed by atoms with E-state index < -0.39 is 46.4 Å². The fourth-order valence-corrected chi connectivity index (χ4v) is 3.82. The van der Waals surface area contributed by atoms with Gasteiger partial charge < -0.3 is 19.4 Å². The van der Waals surface area contributed by atoms with E-state index in [2.05, 4.69) is 15.3 Å². The molecule has 3 aromatic heterocycles. The van der Waals surface area contributed by atoms with Crippen molar-refractivity contribution in [1.82, 2.24) is 14.5 Å². The van der Waals surface area contributed by atoms with Crippen LogP contribution in [-0.4, -0.2) is 53.7 Å². The van der Waals surface area contributed by atoms with E-state index in [1.807, 2.05) is 0 Å². The van der Waals surface area contributed by atoms with Gasteiger partial charge in [0.2, 0.25) is 5.91 Å². The average Bonchev–Trinajstić information content (AvgIpc) is 3.10. The van der Waals surface area contributed by atoms with Crippen LogP contribution in [0.4, 0.5) is 14.6 Å². The molecule has 1 amide bonds. The molecule has 4 heterocycles. The number of carbonyl (C=O) groups is 1. The summed E-state index contributed by atoms with van der Waals surface area (Å²) in [5.41, 5.74) is 0.107. The molecule has 1 atom stereocenters. The first-order valence-corrected chi connectivity index (χ1v) is 11.2. The van der Waals surface area contributed by atoms with E-state index in [1.54, 1.807) is 0 Å². The minimum Gasteiger partial charge on any atom is -0.483 e. The molecule has 3 aromatic rings. The van der Waals surface area contributed by atoms with Gasteiger partial charge in [-0.15, -0.1) is 0 Å². The molecular formula is C20H20F2N4O5S. The lowest BCUT2D eigenvalue weighted by molar-refractivity contribution is -0.114. The zero-order chi connectivity index (χ0) is 25.9. The van der Waals surface area contributed by atoms with Crippen LogP contribution in [0.25, 0.3) is 22.2 Å². The van der Waals surface area contributed by atoms with Crippen molar-refractivity contribution >= 4 is 32.5 Å². The second-order valence-electron chi connectivity index (χ2n) is 7.46. The maximum absolute atomic E-state index is 13.9. The summed E-state index contributed by atoms with van der Waals surface area (Å²) < 4.78 is 87.9. The molecule has 32 heavy (non-hydrogen) atoms. The Labute approximate surface area is 186 Å². The van der Waals surface area contributed by atoms with Crippen molar-refractivity contribution in [3.05, 3.63) is 24.5 Å². The van der Waals surface area contributed by atoms with E-state index in [-0.39, 0.29) is 39.5 Å². The van der Waals surface area contributed by atoms with Crippen molar-refractivity contribution in [1.29, 1.82) is 0 Å².